The van der Waals surface area contributed by atoms with Gasteiger partial charge in [-0.1, -0.05) is 6.92 Å². The summed E-state index contributed by atoms with van der Waals surface area (Å²) in [4.78, 5) is 22.4. The standard InChI is InChI=1S/C12H22N2O4/c1-3-10(11(15)16)14-12(17)13-8(2)9-4-6-18-7-5-9/h8-10H,3-7H2,1-2H3,(H,15,16)(H2,13,14,17). The Hall–Kier alpha value is -1.30. The quantitative estimate of drug-likeness (QED) is 0.685. The van der Waals surface area contributed by atoms with Crippen LogP contribution in [0.5, 0.6) is 0 Å². The first-order valence-corrected chi connectivity index (χ1v) is 6.42. The summed E-state index contributed by atoms with van der Waals surface area (Å²) < 4.78 is 5.26. The van der Waals surface area contributed by atoms with Crippen LogP contribution in [0, 0.1) is 5.92 Å². The molecule has 0 radical (unpaired) electrons. The molecule has 0 aromatic rings. The highest BCUT2D eigenvalue weighted by Crippen LogP contribution is 2.18. The Kier molecular flexibility index (Phi) is 5.91. The summed E-state index contributed by atoms with van der Waals surface area (Å²) in [6.45, 7) is 5.12. The molecule has 3 N–H and O–H groups in total. The van der Waals surface area contributed by atoms with Gasteiger partial charge in [-0.2, -0.15) is 0 Å². The molecule has 104 valence electrons. The zero-order chi connectivity index (χ0) is 13.5. The van der Waals surface area contributed by atoms with Crippen molar-refractivity contribution >= 4 is 12.0 Å². The molecular formula is C12H22N2O4. The minimum absolute atomic E-state index is 0.0280. The first kappa shape index (κ1) is 14.8. The lowest BCUT2D eigenvalue weighted by Crippen LogP contribution is -2.50. The third kappa shape index (κ3) is 4.52. The van der Waals surface area contributed by atoms with Crippen molar-refractivity contribution in [3.8, 4) is 0 Å². The minimum atomic E-state index is -1.01. The van der Waals surface area contributed by atoms with E-state index >= 15 is 0 Å². The average Bonchev–Trinajstić information content (AvgIpc) is 2.36. The van der Waals surface area contributed by atoms with Gasteiger partial charge in [-0.15, -0.1) is 0 Å². The maximum absolute atomic E-state index is 11.7. The van der Waals surface area contributed by atoms with Crippen LogP contribution in [0.25, 0.3) is 0 Å². The zero-order valence-corrected chi connectivity index (χ0v) is 10.9. The van der Waals surface area contributed by atoms with Gasteiger partial charge < -0.3 is 20.5 Å². The molecular weight excluding hydrogens is 236 g/mol. The van der Waals surface area contributed by atoms with Crippen molar-refractivity contribution in [2.75, 3.05) is 13.2 Å². The smallest absolute Gasteiger partial charge is 0.326 e. The normalized spacial score (nSPS) is 19.9. The van der Waals surface area contributed by atoms with E-state index in [1.165, 1.54) is 0 Å². The van der Waals surface area contributed by atoms with Gasteiger partial charge in [0.15, 0.2) is 0 Å². The number of carbonyl (C=O) groups excluding carboxylic acids is 1. The summed E-state index contributed by atoms with van der Waals surface area (Å²) >= 11 is 0. The number of carbonyl (C=O) groups is 2. The van der Waals surface area contributed by atoms with Crippen molar-refractivity contribution in [3.63, 3.8) is 0 Å². The molecule has 2 unspecified atom stereocenters. The van der Waals surface area contributed by atoms with Crippen LogP contribution in [0.3, 0.4) is 0 Å². The van der Waals surface area contributed by atoms with Gasteiger partial charge in [0.05, 0.1) is 0 Å². The fraction of sp³-hybridized carbons (Fsp3) is 0.833. The molecule has 1 rings (SSSR count). The predicted octanol–water partition coefficient (Wildman–Crippen LogP) is 0.964. The van der Waals surface area contributed by atoms with Crippen molar-refractivity contribution in [1.29, 1.82) is 0 Å². The van der Waals surface area contributed by atoms with Gasteiger partial charge in [0.2, 0.25) is 0 Å². The van der Waals surface area contributed by atoms with E-state index in [0.29, 0.717) is 12.3 Å². The van der Waals surface area contributed by atoms with Crippen LogP contribution in [-0.4, -0.2) is 42.4 Å². The maximum atomic E-state index is 11.7. The summed E-state index contributed by atoms with van der Waals surface area (Å²) in [6, 6.07) is -1.21. The number of carboxylic acids is 1. The molecule has 0 spiro atoms. The molecule has 6 nitrogen and oxygen atoms in total. The topological polar surface area (TPSA) is 87.7 Å². The first-order valence-electron chi connectivity index (χ1n) is 6.42. The number of amides is 2. The number of urea groups is 1. The molecule has 18 heavy (non-hydrogen) atoms. The summed E-state index contributed by atoms with van der Waals surface area (Å²) in [5.74, 6) is -0.610. The molecule has 1 saturated heterocycles. The number of rotatable bonds is 5. The Labute approximate surface area is 107 Å². The number of hydrogen-bond acceptors (Lipinski definition) is 3. The van der Waals surface area contributed by atoms with Crippen molar-refractivity contribution < 1.29 is 19.4 Å². The van der Waals surface area contributed by atoms with Crippen molar-refractivity contribution in [1.82, 2.24) is 10.6 Å². The SMILES string of the molecule is CCC(NC(=O)NC(C)C1CCOCC1)C(=O)O. The Morgan fingerprint density at radius 1 is 1.33 bits per heavy atom. The minimum Gasteiger partial charge on any atom is -0.480 e. The largest absolute Gasteiger partial charge is 0.480 e. The highest BCUT2D eigenvalue weighted by atomic mass is 16.5. The molecule has 0 saturated carbocycles. The van der Waals surface area contributed by atoms with E-state index in [9.17, 15) is 9.59 Å². The highest BCUT2D eigenvalue weighted by Gasteiger charge is 2.23. The van der Waals surface area contributed by atoms with E-state index in [-0.39, 0.29) is 6.04 Å². The Morgan fingerprint density at radius 3 is 2.44 bits per heavy atom. The van der Waals surface area contributed by atoms with Crippen LogP contribution < -0.4 is 10.6 Å². The van der Waals surface area contributed by atoms with Gasteiger partial charge in [0.1, 0.15) is 6.04 Å². The van der Waals surface area contributed by atoms with Crippen LogP contribution in [0.4, 0.5) is 4.79 Å². The van der Waals surface area contributed by atoms with E-state index in [1.54, 1.807) is 6.92 Å². The van der Waals surface area contributed by atoms with E-state index in [2.05, 4.69) is 10.6 Å². The summed E-state index contributed by atoms with van der Waals surface area (Å²) in [7, 11) is 0. The van der Waals surface area contributed by atoms with Crippen LogP contribution in [0.1, 0.15) is 33.1 Å². The maximum Gasteiger partial charge on any atom is 0.326 e. The van der Waals surface area contributed by atoms with Crippen LogP contribution in [0.15, 0.2) is 0 Å². The third-order valence-electron chi connectivity index (χ3n) is 3.34. The predicted molar refractivity (Wildman–Crippen MR) is 66.4 cm³/mol. The molecule has 2 amide bonds. The first-order chi connectivity index (χ1) is 8.54. The van der Waals surface area contributed by atoms with Crippen molar-refractivity contribution in [2.45, 2.75) is 45.2 Å². The molecule has 6 heteroatoms. The third-order valence-corrected chi connectivity index (χ3v) is 3.34. The lowest BCUT2D eigenvalue weighted by molar-refractivity contribution is -0.139. The van der Waals surface area contributed by atoms with E-state index in [4.69, 9.17) is 9.84 Å². The fourth-order valence-corrected chi connectivity index (χ4v) is 2.08. The van der Waals surface area contributed by atoms with Crippen LogP contribution in [0.2, 0.25) is 0 Å². The van der Waals surface area contributed by atoms with Gasteiger partial charge in [-0.25, -0.2) is 9.59 Å². The van der Waals surface area contributed by atoms with E-state index < -0.39 is 18.0 Å². The summed E-state index contributed by atoms with van der Waals surface area (Å²) in [5, 5.41) is 14.1. The lowest BCUT2D eigenvalue weighted by atomic mass is 9.93. The molecule has 0 aromatic heterocycles. The number of ether oxygens (including phenoxy) is 1. The Balaban J connectivity index is 2.36. The molecule has 1 aliphatic rings. The Bertz CT molecular complexity index is 290. The second-order valence-corrected chi connectivity index (χ2v) is 4.66. The molecule has 1 aliphatic heterocycles. The van der Waals surface area contributed by atoms with Gasteiger partial charge in [-0.05, 0) is 32.1 Å². The van der Waals surface area contributed by atoms with Crippen LogP contribution >= 0.6 is 0 Å². The van der Waals surface area contributed by atoms with Crippen molar-refractivity contribution in [2.24, 2.45) is 5.92 Å². The zero-order valence-electron chi connectivity index (χ0n) is 10.9. The second kappa shape index (κ2) is 7.20. The molecule has 1 heterocycles. The van der Waals surface area contributed by atoms with Gasteiger partial charge in [0.25, 0.3) is 0 Å². The molecule has 1 fully saturated rings. The van der Waals surface area contributed by atoms with E-state index in [1.807, 2.05) is 6.92 Å². The summed E-state index contributed by atoms with van der Waals surface area (Å²) in [6.07, 6.45) is 2.23. The lowest BCUT2D eigenvalue weighted by Gasteiger charge is -2.28. The number of aliphatic carboxylic acids is 1. The number of carboxylic acid groups (broad SMARTS) is 1. The molecule has 0 aromatic carbocycles. The van der Waals surface area contributed by atoms with E-state index in [0.717, 1.165) is 26.1 Å². The van der Waals surface area contributed by atoms with Gasteiger partial charge >= 0.3 is 12.0 Å². The van der Waals surface area contributed by atoms with Gasteiger partial charge in [-0.3, -0.25) is 0 Å². The number of nitrogens with one attached hydrogen (secondary N) is 2. The number of hydrogen-bond donors (Lipinski definition) is 3. The second-order valence-electron chi connectivity index (χ2n) is 4.66. The highest BCUT2D eigenvalue weighted by molar-refractivity contribution is 5.82. The monoisotopic (exact) mass is 258 g/mol. The average molecular weight is 258 g/mol. The van der Waals surface area contributed by atoms with Crippen LogP contribution in [-0.2, 0) is 9.53 Å². The summed E-state index contributed by atoms with van der Waals surface area (Å²) in [5.41, 5.74) is 0. The fourth-order valence-electron chi connectivity index (χ4n) is 2.08. The van der Waals surface area contributed by atoms with Crippen molar-refractivity contribution in [3.05, 3.63) is 0 Å². The Morgan fingerprint density at radius 2 is 1.94 bits per heavy atom. The molecule has 0 aliphatic carbocycles. The molecule has 0 bridgehead atoms. The molecule has 2 atom stereocenters. The van der Waals surface area contributed by atoms with Gasteiger partial charge in [0, 0.05) is 19.3 Å².